The molecule has 109 heavy (non-hydrogen) atoms. The molecule has 0 fully saturated rings. The molecule has 0 atom stereocenters. The molecule has 0 saturated heterocycles. The van der Waals surface area contributed by atoms with Crippen LogP contribution in [0.15, 0.2) is 219 Å². The zero-order valence-electron chi connectivity index (χ0n) is 60.4. The molecule has 0 aliphatic carbocycles. The van der Waals surface area contributed by atoms with Crippen LogP contribution in [-0.2, 0) is 72.3 Å². The summed E-state index contributed by atoms with van der Waals surface area (Å²) in [7, 11) is 0. The summed E-state index contributed by atoms with van der Waals surface area (Å²) in [6.45, 7) is 10.6. The molecule has 29 heteroatoms. The van der Waals surface area contributed by atoms with Crippen molar-refractivity contribution in [1.82, 2.24) is 33.5 Å². The minimum atomic E-state index is -4.64. The summed E-state index contributed by atoms with van der Waals surface area (Å²) in [5.74, 6) is -2.85. The average molecular weight is 1500 g/mol. The first-order valence-corrected chi connectivity index (χ1v) is 33.6. The number of halogens is 3. The molecule has 4 amide bonds. The van der Waals surface area contributed by atoms with Gasteiger partial charge >= 0.3 is 59.7 Å². The Morgan fingerprint density at radius 3 is 1.14 bits per heavy atom. The molecule has 0 saturated carbocycles. The van der Waals surface area contributed by atoms with Gasteiger partial charge in [-0.25, -0.2) is 19.7 Å². The minimum Gasteiger partial charge on any atom is -0.870 e. The Morgan fingerprint density at radius 1 is 0.486 bits per heavy atom. The van der Waals surface area contributed by atoms with Gasteiger partial charge in [0.25, 0.3) is 17.7 Å². The molecule has 0 radical (unpaired) electrons. The number of anilines is 3. The van der Waals surface area contributed by atoms with E-state index in [4.69, 9.17) is 40.6 Å². The third-order valence-corrected chi connectivity index (χ3v) is 15.7. The zero-order chi connectivity index (χ0) is 76.8. The molecule has 6 aromatic carbocycles. The van der Waals surface area contributed by atoms with Gasteiger partial charge in [0.05, 0.1) is 66.1 Å². The van der Waals surface area contributed by atoms with E-state index < -0.39 is 41.9 Å². The van der Waals surface area contributed by atoms with Crippen molar-refractivity contribution in [3.8, 4) is 33.8 Å². The standard InChI is InChI=1S/C30H32N4O5.C25H24N4O3.C23H20N4O3.C2HF3O.Na.H2O/c1-5-38-26(35)17-22-11-6-7-13-23(22)33-28(36)27-25-14-9-15-34(25)19-24(32-27)21-12-8-10-20(16-21)18-31-29(37)39-30(2,3)4;1-2-32-23(30)14-19-8-3-4-10-20(19)28-25(31)24-22-11-6-12-29(22)16-21(27-24)18-9-5-7-17(13-18)15-26;24-13-15-5-3-7-16(11-15)19-14-27-10-4-9-20(27)22(25-19)23(30)26-18-8-2-1-6-17(18)12-21(28)29;3-2(4,5)1-6;;/h6-16,19H,5,17-18H2,1-4H3,(H,31,37)(H,33,36);3-13,16H,2,14-15,26H2,1H3,(H,28,31);1-11,14H,12-13,24H2,(H,26,30)(H,28,29);1H;;1H2/q;;;;+1;/p-1. The average Bonchev–Trinajstić information content (AvgIpc) is 1.75. The molecule has 10 N–H and O–H groups in total. The van der Waals surface area contributed by atoms with Crippen LogP contribution in [0.1, 0.15) is 99.5 Å². The number of carboxylic acids is 1. The normalized spacial score (nSPS) is 10.8. The van der Waals surface area contributed by atoms with Crippen molar-refractivity contribution in [1.29, 1.82) is 0 Å². The fraction of sp³-hybridized carbons (Fsp3) is 0.188. The summed E-state index contributed by atoms with van der Waals surface area (Å²) >= 11 is 0. The number of esters is 2. The topological polar surface area (TPSA) is 367 Å². The largest absolute Gasteiger partial charge is 1.00 e. The third kappa shape index (κ3) is 23.9. The van der Waals surface area contributed by atoms with Gasteiger partial charge in [0.1, 0.15) is 5.60 Å². The predicted octanol–water partition coefficient (Wildman–Crippen LogP) is 10.1. The van der Waals surface area contributed by atoms with Crippen molar-refractivity contribution in [2.24, 2.45) is 11.5 Å². The number of carbonyl (C=O) groups excluding carboxylic acids is 7. The summed E-state index contributed by atoms with van der Waals surface area (Å²) < 4.78 is 52.2. The van der Waals surface area contributed by atoms with Crippen molar-refractivity contribution in [3.63, 3.8) is 0 Å². The molecular formula is C80H78F3N12NaO13. The Morgan fingerprint density at radius 2 is 0.817 bits per heavy atom. The Balaban J connectivity index is 0.000000219. The number of nitrogens with zero attached hydrogens (tertiary/aromatic N) is 6. The van der Waals surface area contributed by atoms with Crippen LogP contribution in [-0.4, -0.2) is 112 Å². The van der Waals surface area contributed by atoms with E-state index >= 15 is 0 Å². The number of alkyl halides is 3. The number of benzene rings is 6. The summed E-state index contributed by atoms with van der Waals surface area (Å²) in [6.07, 6.45) is 4.90. The number of ether oxygens (including phenoxy) is 3. The van der Waals surface area contributed by atoms with Crippen molar-refractivity contribution in [2.45, 2.75) is 85.3 Å². The number of alkyl carbamates (subject to hydrolysis) is 1. The van der Waals surface area contributed by atoms with Gasteiger partial charge in [-0.05, 0) is 141 Å². The number of carbonyl (C=O) groups is 8. The molecule has 0 aliphatic rings. The van der Waals surface area contributed by atoms with E-state index in [0.717, 1.165) is 33.4 Å². The quantitative estimate of drug-likeness (QED) is 0.0152. The van der Waals surface area contributed by atoms with Gasteiger partial charge in [-0.1, -0.05) is 109 Å². The molecule has 6 aromatic heterocycles. The summed E-state index contributed by atoms with van der Waals surface area (Å²) in [5.41, 5.74) is 24.3. The van der Waals surface area contributed by atoms with E-state index in [1.165, 1.54) is 0 Å². The van der Waals surface area contributed by atoms with Crippen LogP contribution in [0.2, 0.25) is 0 Å². The Kier molecular flexibility index (Phi) is 30.4. The van der Waals surface area contributed by atoms with Crippen LogP contribution < -0.4 is 62.3 Å². The first-order chi connectivity index (χ1) is 51.3. The SMILES string of the molecule is CCOC(=O)Cc1ccccc1NC(=O)c1nc(-c2cccc(CN)c2)cn2cccc12.CCOC(=O)Cc1ccccc1NC(=O)c1nc(-c2cccc(CNC(=O)OC(C)(C)C)c2)cn2cccc12.NCc1cccc(-c2cn3cccc3c(C(=O)Nc3ccccc3CC(=O)O)n2)c1.O=CC(F)(F)F.[Na+].[OH-]. The number of hydrogen-bond donors (Lipinski definition) is 7. The number of amides is 4. The second-order valence-electron chi connectivity index (χ2n) is 24.7. The van der Waals surface area contributed by atoms with Crippen LogP contribution in [0.5, 0.6) is 0 Å². The monoisotopic (exact) mass is 1490 g/mol. The number of aldehydes is 1. The number of aromatic nitrogens is 6. The van der Waals surface area contributed by atoms with Crippen molar-refractivity contribution < 1.29 is 106 Å². The molecule has 6 heterocycles. The second kappa shape index (κ2) is 39.4. The van der Waals surface area contributed by atoms with Crippen LogP contribution in [0.3, 0.4) is 0 Å². The van der Waals surface area contributed by atoms with Crippen molar-refractivity contribution >= 4 is 81.6 Å². The number of nitrogens with two attached hydrogens (primary N) is 2. The van der Waals surface area contributed by atoms with Gasteiger partial charge < -0.3 is 70.7 Å². The first kappa shape index (κ1) is 84.1. The van der Waals surface area contributed by atoms with Gasteiger partial charge in [-0.15, -0.1) is 0 Å². The van der Waals surface area contributed by atoms with Gasteiger partial charge in [-0.3, -0.25) is 33.6 Å². The van der Waals surface area contributed by atoms with E-state index in [0.29, 0.717) is 87.1 Å². The molecule has 12 aromatic rings. The summed E-state index contributed by atoms with van der Waals surface area (Å²) in [5, 5.41) is 20.5. The van der Waals surface area contributed by atoms with E-state index in [1.54, 1.807) is 80.6 Å². The molecule has 12 rings (SSSR count). The molecular weight excluding hydrogens is 1420 g/mol. The molecule has 558 valence electrons. The van der Waals surface area contributed by atoms with Gasteiger partial charge in [0.15, 0.2) is 17.1 Å². The van der Waals surface area contributed by atoms with Crippen LogP contribution >= 0.6 is 0 Å². The fourth-order valence-corrected chi connectivity index (χ4v) is 10.9. The number of carboxylic acid groups (broad SMARTS) is 1. The number of rotatable bonds is 21. The Hall–Kier alpha value is -12.2. The molecule has 0 spiro atoms. The van der Waals surface area contributed by atoms with Crippen molar-refractivity contribution in [2.75, 3.05) is 29.2 Å². The molecule has 0 aliphatic heterocycles. The molecule has 25 nitrogen and oxygen atoms in total. The van der Waals surface area contributed by atoms with E-state index in [9.17, 15) is 46.7 Å². The second-order valence-corrected chi connectivity index (χ2v) is 24.7. The van der Waals surface area contributed by atoms with E-state index in [-0.39, 0.29) is 102 Å². The number of hydrogen-bond acceptors (Lipinski definition) is 17. The molecule has 0 bridgehead atoms. The Labute approximate surface area is 646 Å². The van der Waals surface area contributed by atoms with E-state index in [1.807, 2.05) is 186 Å². The Bertz CT molecular complexity index is 5210. The smallest absolute Gasteiger partial charge is 0.870 e. The van der Waals surface area contributed by atoms with Crippen LogP contribution in [0.25, 0.3) is 50.3 Å². The van der Waals surface area contributed by atoms with Gasteiger partial charge in [0.2, 0.25) is 6.29 Å². The zero-order valence-corrected chi connectivity index (χ0v) is 62.4. The summed E-state index contributed by atoms with van der Waals surface area (Å²) in [6, 6.07) is 55.2. The van der Waals surface area contributed by atoms with Crippen LogP contribution in [0.4, 0.5) is 35.0 Å². The van der Waals surface area contributed by atoms with E-state index in [2.05, 4.69) is 31.2 Å². The maximum Gasteiger partial charge on any atom is 1.00 e. The third-order valence-electron chi connectivity index (χ3n) is 15.7. The maximum absolute atomic E-state index is 13.5. The molecule has 0 unspecified atom stereocenters. The van der Waals surface area contributed by atoms with Gasteiger partial charge in [0, 0.05) is 90.6 Å². The predicted molar refractivity (Wildman–Crippen MR) is 400 cm³/mol. The van der Waals surface area contributed by atoms with Crippen molar-refractivity contribution in [3.05, 3.63) is 270 Å². The number of aliphatic carboxylic acids is 1. The first-order valence-electron chi connectivity index (χ1n) is 33.6. The van der Waals surface area contributed by atoms with Crippen LogP contribution in [0, 0.1) is 0 Å². The van der Waals surface area contributed by atoms with Gasteiger partial charge in [-0.2, -0.15) is 13.2 Å². The maximum atomic E-state index is 13.5. The number of nitrogens with one attached hydrogen (secondary N) is 4. The number of para-hydroxylation sites is 3. The summed E-state index contributed by atoms with van der Waals surface area (Å²) in [4.78, 5) is 110. The number of fused-ring (bicyclic) bond motifs is 3. The minimum absolute atomic E-state index is 0. The fourth-order valence-electron chi connectivity index (χ4n) is 10.9.